The van der Waals surface area contributed by atoms with Gasteiger partial charge in [0.1, 0.15) is 0 Å². The molecule has 0 saturated heterocycles. The Morgan fingerprint density at radius 1 is 1.26 bits per heavy atom. The summed E-state index contributed by atoms with van der Waals surface area (Å²) >= 11 is 3.30. The third kappa shape index (κ3) is 3.48. The van der Waals surface area contributed by atoms with Crippen molar-refractivity contribution in [1.82, 2.24) is 0 Å². The summed E-state index contributed by atoms with van der Waals surface area (Å²) in [5.41, 5.74) is 2.03. The van der Waals surface area contributed by atoms with Crippen LogP contribution in [0.3, 0.4) is 0 Å². The van der Waals surface area contributed by atoms with Crippen LogP contribution in [0, 0.1) is 0 Å². The molecule has 1 aromatic heterocycles. The molecule has 1 aliphatic rings. The first-order chi connectivity index (χ1) is 11.1. The Balaban J connectivity index is 1.97. The van der Waals surface area contributed by atoms with Gasteiger partial charge in [0.25, 0.3) is 0 Å². The molecule has 23 heavy (non-hydrogen) atoms. The van der Waals surface area contributed by atoms with E-state index in [4.69, 9.17) is 9.47 Å². The summed E-state index contributed by atoms with van der Waals surface area (Å²) in [6, 6.07) is 7.97. The van der Waals surface area contributed by atoms with Crippen LogP contribution in [0.5, 0.6) is 11.5 Å². The van der Waals surface area contributed by atoms with Crippen LogP contribution >= 0.6 is 23.1 Å². The minimum atomic E-state index is 0.0453. The molecule has 1 unspecified atom stereocenters. The van der Waals surface area contributed by atoms with Gasteiger partial charge < -0.3 is 14.8 Å². The number of nitrogens with one attached hydrogen (secondary N) is 1. The molecule has 2 aromatic rings. The summed E-state index contributed by atoms with van der Waals surface area (Å²) in [6.07, 6.45) is 0.0905. The summed E-state index contributed by atoms with van der Waals surface area (Å²) < 4.78 is 11.3. The van der Waals surface area contributed by atoms with Crippen LogP contribution in [0.25, 0.3) is 0 Å². The Hall–Kier alpha value is -1.66. The molecule has 1 aliphatic heterocycles. The highest BCUT2D eigenvalue weighted by molar-refractivity contribution is 8.00. The van der Waals surface area contributed by atoms with Gasteiger partial charge in [0.05, 0.1) is 29.9 Å². The predicted molar refractivity (Wildman–Crippen MR) is 96.0 cm³/mol. The van der Waals surface area contributed by atoms with Gasteiger partial charge in [0, 0.05) is 4.88 Å². The fourth-order valence-electron chi connectivity index (χ4n) is 2.49. The lowest BCUT2D eigenvalue weighted by Crippen LogP contribution is -2.11. The molecule has 1 aromatic carbocycles. The standard InChI is InChI=1S/C17H19NO3S2/c1-10(2)21-13-5-4-11(8-14(13)20-3)16-17-12(6-7-22-17)18-15(19)9-23-16/h4-8,10,16H,9H2,1-3H3,(H,18,19). The van der Waals surface area contributed by atoms with Gasteiger partial charge in [-0.1, -0.05) is 6.07 Å². The summed E-state index contributed by atoms with van der Waals surface area (Å²) in [5, 5.41) is 5.09. The number of ether oxygens (including phenoxy) is 2. The summed E-state index contributed by atoms with van der Waals surface area (Å²) in [6.45, 7) is 3.98. The SMILES string of the molecule is COc1cc(C2SCC(=O)Nc3ccsc32)ccc1OC(C)C. The Labute approximate surface area is 144 Å². The van der Waals surface area contributed by atoms with Gasteiger partial charge in [-0.05, 0) is 43.0 Å². The van der Waals surface area contributed by atoms with Crippen LogP contribution in [-0.2, 0) is 4.79 Å². The molecule has 4 nitrogen and oxygen atoms in total. The minimum Gasteiger partial charge on any atom is -0.493 e. The fourth-order valence-corrected chi connectivity index (χ4v) is 4.73. The first-order valence-electron chi connectivity index (χ1n) is 7.42. The van der Waals surface area contributed by atoms with Crippen LogP contribution in [0.1, 0.15) is 29.5 Å². The average Bonchev–Trinajstić information content (AvgIpc) is 2.90. The number of hydrogen-bond acceptors (Lipinski definition) is 5. The molecular formula is C17H19NO3S2. The molecule has 0 bridgehead atoms. The first-order valence-corrected chi connectivity index (χ1v) is 9.34. The molecule has 6 heteroatoms. The van der Waals surface area contributed by atoms with E-state index < -0.39 is 0 Å². The number of thiophene rings is 1. The van der Waals surface area contributed by atoms with Gasteiger partial charge in [-0.25, -0.2) is 0 Å². The van der Waals surface area contributed by atoms with Crippen molar-refractivity contribution in [2.24, 2.45) is 0 Å². The molecule has 1 N–H and O–H groups in total. The van der Waals surface area contributed by atoms with Gasteiger partial charge in [0.2, 0.25) is 5.91 Å². The van der Waals surface area contributed by atoms with Crippen LogP contribution in [-0.4, -0.2) is 24.9 Å². The third-order valence-corrected chi connectivity index (χ3v) is 5.84. The van der Waals surface area contributed by atoms with Crippen LogP contribution in [0.2, 0.25) is 0 Å². The molecule has 1 amide bonds. The molecular weight excluding hydrogens is 330 g/mol. The topological polar surface area (TPSA) is 47.6 Å². The maximum Gasteiger partial charge on any atom is 0.234 e. The van der Waals surface area contributed by atoms with Crippen molar-refractivity contribution in [3.63, 3.8) is 0 Å². The number of rotatable bonds is 4. The lowest BCUT2D eigenvalue weighted by molar-refractivity contribution is -0.113. The Kier molecular flexibility index (Phi) is 4.82. The third-order valence-electron chi connectivity index (χ3n) is 3.44. The number of amides is 1. The number of benzene rings is 1. The average molecular weight is 349 g/mol. The van der Waals surface area contributed by atoms with Gasteiger partial charge in [-0.2, -0.15) is 0 Å². The van der Waals surface area contributed by atoms with E-state index in [-0.39, 0.29) is 17.3 Å². The van der Waals surface area contributed by atoms with E-state index in [1.165, 1.54) is 4.88 Å². The Morgan fingerprint density at radius 2 is 2.09 bits per heavy atom. The highest BCUT2D eigenvalue weighted by Gasteiger charge is 2.26. The summed E-state index contributed by atoms with van der Waals surface area (Å²) in [7, 11) is 1.65. The van der Waals surface area contributed by atoms with Gasteiger partial charge in [-0.15, -0.1) is 23.1 Å². The zero-order chi connectivity index (χ0) is 16.4. The normalized spacial score (nSPS) is 17.4. The van der Waals surface area contributed by atoms with E-state index in [0.29, 0.717) is 5.75 Å². The molecule has 3 rings (SSSR count). The van der Waals surface area contributed by atoms with E-state index in [0.717, 1.165) is 22.7 Å². The highest BCUT2D eigenvalue weighted by atomic mass is 32.2. The second kappa shape index (κ2) is 6.84. The van der Waals surface area contributed by atoms with E-state index in [1.54, 1.807) is 30.2 Å². The zero-order valence-corrected chi connectivity index (χ0v) is 14.9. The van der Waals surface area contributed by atoms with Crippen LogP contribution in [0.15, 0.2) is 29.6 Å². The molecule has 2 heterocycles. The van der Waals surface area contributed by atoms with Gasteiger partial charge in [-0.3, -0.25) is 4.79 Å². The number of carbonyl (C=O) groups excluding carboxylic acids is 1. The predicted octanol–water partition coefficient (Wildman–Crippen LogP) is 4.32. The van der Waals surface area contributed by atoms with Gasteiger partial charge >= 0.3 is 0 Å². The number of methoxy groups -OCH3 is 1. The highest BCUT2D eigenvalue weighted by Crippen LogP contribution is 2.46. The fraction of sp³-hybridized carbons (Fsp3) is 0.353. The van der Waals surface area contributed by atoms with Crippen molar-refractivity contribution >= 4 is 34.7 Å². The molecule has 0 fully saturated rings. The van der Waals surface area contributed by atoms with Crippen molar-refractivity contribution in [2.75, 3.05) is 18.2 Å². The number of thioether (sulfide) groups is 1. The smallest absolute Gasteiger partial charge is 0.234 e. The van der Waals surface area contributed by atoms with Crippen molar-refractivity contribution in [1.29, 1.82) is 0 Å². The summed E-state index contributed by atoms with van der Waals surface area (Å²) in [4.78, 5) is 13.0. The van der Waals surface area contributed by atoms with Crippen molar-refractivity contribution < 1.29 is 14.3 Å². The molecule has 0 saturated carbocycles. The number of fused-ring (bicyclic) bond motifs is 1. The first kappa shape index (κ1) is 16.2. The molecule has 0 spiro atoms. The lowest BCUT2D eigenvalue weighted by atomic mass is 10.1. The second-order valence-electron chi connectivity index (χ2n) is 5.51. The maximum absolute atomic E-state index is 11.8. The van der Waals surface area contributed by atoms with Gasteiger partial charge in [0.15, 0.2) is 11.5 Å². The largest absolute Gasteiger partial charge is 0.493 e. The quantitative estimate of drug-likeness (QED) is 0.893. The molecule has 0 aliphatic carbocycles. The minimum absolute atomic E-state index is 0.0453. The van der Waals surface area contributed by atoms with Crippen molar-refractivity contribution in [3.05, 3.63) is 40.1 Å². The number of carbonyl (C=O) groups is 1. The Bertz CT molecular complexity index is 712. The van der Waals surface area contributed by atoms with E-state index >= 15 is 0 Å². The molecule has 1 atom stereocenters. The number of hydrogen-bond donors (Lipinski definition) is 1. The van der Waals surface area contributed by atoms with E-state index in [2.05, 4.69) is 11.4 Å². The monoisotopic (exact) mass is 349 g/mol. The van der Waals surface area contributed by atoms with E-state index in [1.807, 2.05) is 37.4 Å². The lowest BCUT2D eigenvalue weighted by Gasteiger charge is -2.18. The van der Waals surface area contributed by atoms with Crippen molar-refractivity contribution in [3.8, 4) is 11.5 Å². The van der Waals surface area contributed by atoms with Crippen LogP contribution in [0.4, 0.5) is 5.69 Å². The van der Waals surface area contributed by atoms with Crippen LogP contribution < -0.4 is 14.8 Å². The second-order valence-corrected chi connectivity index (χ2v) is 7.56. The molecule has 122 valence electrons. The number of anilines is 1. The summed E-state index contributed by atoms with van der Waals surface area (Å²) in [5.74, 6) is 1.95. The van der Waals surface area contributed by atoms with Crippen molar-refractivity contribution in [2.45, 2.75) is 25.2 Å². The van der Waals surface area contributed by atoms with E-state index in [9.17, 15) is 4.79 Å². The Morgan fingerprint density at radius 3 is 2.83 bits per heavy atom. The zero-order valence-electron chi connectivity index (χ0n) is 13.3. The molecule has 0 radical (unpaired) electrons. The maximum atomic E-state index is 11.8.